The molecular weight excluding hydrogens is 268 g/mol. The maximum absolute atomic E-state index is 12.5. The minimum Gasteiger partial charge on any atom is -0.443 e. The molecule has 2 aromatic heterocycles. The van der Waals surface area contributed by atoms with E-state index in [-0.39, 0.29) is 6.09 Å². The first-order valence-corrected chi connectivity index (χ1v) is 10.3. The summed E-state index contributed by atoms with van der Waals surface area (Å²) in [5.74, 6) is 0. The summed E-state index contributed by atoms with van der Waals surface area (Å²) in [6, 6.07) is 3.93. The zero-order valence-corrected chi connectivity index (χ0v) is 14.0. The topological polar surface area (TPSA) is 44.1 Å². The lowest BCUT2D eigenvalue weighted by molar-refractivity contribution is 0.0549. The van der Waals surface area contributed by atoms with Crippen LogP contribution < -0.4 is 5.32 Å². The molecule has 108 valence electrons. The van der Waals surface area contributed by atoms with Gasteiger partial charge in [-0.1, -0.05) is 19.6 Å². The Kier molecular flexibility index (Phi) is 3.50. The molecular formula is C15H22N2O2Si. The van der Waals surface area contributed by atoms with Crippen LogP contribution in [0.5, 0.6) is 0 Å². The largest absolute Gasteiger partial charge is 0.443 e. The van der Waals surface area contributed by atoms with Gasteiger partial charge in [0, 0.05) is 23.1 Å². The van der Waals surface area contributed by atoms with Gasteiger partial charge in [0.05, 0.1) is 13.6 Å². The standard InChI is InChI=1S/C15H22N2O2Si/c1-15(2,3)19-14(18)17-12-7-8-16-10-11(12)9-13(17)20(4,5)6/h7-10H,1-6H3. The minimum atomic E-state index is -1.66. The summed E-state index contributed by atoms with van der Waals surface area (Å²) in [5.41, 5.74) is 0.365. The van der Waals surface area contributed by atoms with Crippen molar-refractivity contribution in [2.75, 3.05) is 0 Å². The van der Waals surface area contributed by atoms with Crippen molar-refractivity contribution in [1.29, 1.82) is 0 Å². The predicted molar refractivity (Wildman–Crippen MR) is 84.3 cm³/mol. The van der Waals surface area contributed by atoms with Crippen molar-refractivity contribution < 1.29 is 9.53 Å². The fourth-order valence-electron chi connectivity index (χ4n) is 2.11. The summed E-state index contributed by atoms with van der Waals surface area (Å²) in [5, 5.41) is 2.05. The van der Waals surface area contributed by atoms with Crippen LogP contribution in [0.3, 0.4) is 0 Å². The van der Waals surface area contributed by atoms with Crippen molar-refractivity contribution in [2.45, 2.75) is 46.0 Å². The van der Waals surface area contributed by atoms with Crippen LogP contribution in [0, 0.1) is 0 Å². The molecule has 2 rings (SSSR count). The molecule has 0 bridgehead atoms. The highest BCUT2D eigenvalue weighted by Gasteiger charge is 2.28. The van der Waals surface area contributed by atoms with E-state index in [0.717, 1.165) is 16.2 Å². The van der Waals surface area contributed by atoms with Gasteiger partial charge >= 0.3 is 6.09 Å². The molecule has 0 aliphatic carbocycles. The maximum Gasteiger partial charge on any atom is 0.418 e. The number of ether oxygens (including phenoxy) is 1. The SMILES string of the molecule is CC(C)(C)OC(=O)n1c([Si](C)(C)C)cc2cnccc21. The maximum atomic E-state index is 12.5. The Morgan fingerprint density at radius 1 is 1.30 bits per heavy atom. The third kappa shape index (κ3) is 2.93. The molecule has 0 fully saturated rings. The quantitative estimate of drug-likeness (QED) is 0.756. The van der Waals surface area contributed by atoms with E-state index in [2.05, 4.69) is 30.7 Å². The Labute approximate surface area is 120 Å². The van der Waals surface area contributed by atoms with Crippen LogP contribution in [-0.4, -0.2) is 29.3 Å². The minimum absolute atomic E-state index is 0.309. The number of rotatable bonds is 1. The van der Waals surface area contributed by atoms with Crippen LogP contribution in [0.4, 0.5) is 4.79 Å². The van der Waals surface area contributed by atoms with Gasteiger partial charge in [-0.05, 0) is 32.9 Å². The van der Waals surface area contributed by atoms with Crippen molar-refractivity contribution >= 4 is 30.4 Å². The highest BCUT2D eigenvalue weighted by molar-refractivity contribution is 6.88. The van der Waals surface area contributed by atoms with Gasteiger partial charge in [0.1, 0.15) is 5.60 Å². The Balaban J connectivity index is 2.63. The van der Waals surface area contributed by atoms with Gasteiger partial charge < -0.3 is 4.74 Å². The van der Waals surface area contributed by atoms with Crippen LogP contribution in [-0.2, 0) is 4.74 Å². The van der Waals surface area contributed by atoms with E-state index in [0.29, 0.717) is 0 Å². The molecule has 0 saturated carbocycles. The molecule has 0 radical (unpaired) electrons. The number of pyridine rings is 1. The molecule has 20 heavy (non-hydrogen) atoms. The van der Waals surface area contributed by atoms with Gasteiger partial charge in [-0.2, -0.15) is 0 Å². The van der Waals surface area contributed by atoms with Gasteiger partial charge in [0.25, 0.3) is 0 Å². The summed E-state index contributed by atoms with van der Waals surface area (Å²) in [7, 11) is -1.66. The van der Waals surface area contributed by atoms with Crippen LogP contribution in [0.25, 0.3) is 10.9 Å². The molecule has 0 aliphatic rings. The lowest BCUT2D eigenvalue weighted by Gasteiger charge is -2.23. The van der Waals surface area contributed by atoms with E-state index in [1.54, 1.807) is 17.0 Å². The number of hydrogen-bond acceptors (Lipinski definition) is 3. The number of hydrogen-bond donors (Lipinski definition) is 0. The molecule has 2 heterocycles. The van der Waals surface area contributed by atoms with E-state index in [4.69, 9.17) is 4.74 Å². The van der Waals surface area contributed by atoms with E-state index in [1.165, 1.54) is 0 Å². The molecule has 0 unspecified atom stereocenters. The number of fused-ring (bicyclic) bond motifs is 1. The number of carbonyl (C=O) groups excluding carboxylic acids is 1. The highest BCUT2D eigenvalue weighted by atomic mass is 28.3. The zero-order valence-electron chi connectivity index (χ0n) is 13.0. The molecule has 0 aromatic carbocycles. The van der Waals surface area contributed by atoms with Crippen molar-refractivity contribution in [3.63, 3.8) is 0 Å². The first-order chi connectivity index (χ1) is 9.09. The molecule has 0 N–H and O–H groups in total. The highest BCUT2D eigenvalue weighted by Crippen LogP contribution is 2.18. The molecule has 5 heteroatoms. The van der Waals surface area contributed by atoms with E-state index in [9.17, 15) is 4.79 Å². The summed E-state index contributed by atoms with van der Waals surface area (Å²) in [6.45, 7) is 12.3. The average molecular weight is 290 g/mol. The molecule has 0 aliphatic heterocycles. The van der Waals surface area contributed by atoms with E-state index >= 15 is 0 Å². The van der Waals surface area contributed by atoms with E-state index < -0.39 is 13.7 Å². The monoisotopic (exact) mass is 290 g/mol. The second-order valence-electron chi connectivity index (χ2n) is 7.03. The number of aromatic nitrogens is 2. The molecule has 2 aromatic rings. The third-order valence-electron chi connectivity index (χ3n) is 2.95. The van der Waals surface area contributed by atoms with E-state index in [1.807, 2.05) is 26.8 Å². The lowest BCUT2D eigenvalue weighted by Crippen LogP contribution is -2.45. The molecule has 0 spiro atoms. The predicted octanol–water partition coefficient (Wildman–Crippen LogP) is 3.36. The van der Waals surface area contributed by atoms with Crippen molar-refractivity contribution in [1.82, 2.24) is 9.55 Å². The number of carbonyl (C=O) groups is 1. The Morgan fingerprint density at radius 3 is 2.50 bits per heavy atom. The number of nitrogens with zero attached hydrogens (tertiary/aromatic N) is 2. The van der Waals surface area contributed by atoms with Gasteiger partial charge in [0.2, 0.25) is 0 Å². The first kappa shape index (κ1) is 14.8. The smallest absolute Gasteiger partial charge is 0.418 e. The molecule has 0 saturated heterocycles. The molecule has 0 amide bonds. The van der Waals surface area contributed by atoms with Crippen LogP contribution in [0.1, 0.15) is 20.8 Å². The van der Waals surface area contributed by atoms with Crippen LogP contribution >= 0.6 is 0 Å². The average Bonchev–Trinajstić information content (AvgIpc) is 2.65. The van der Waals surface area contributed by atoms with Gasteiger partial charge in [0.15, 0.2) is 0 Å². The fraction of sp³-hybridized carbons (Fsp3) is 0.467. The third-order valence-corrected chi connectivity index (χ3v) is 4.85. The first-order valence-electron chi connectivity index (χ1n) is 6.79. The van der Waals surface area contributed by atoms with Crippen LogP contribution in [0.2, 0.25) is 19.6 Å². The molecule has 0 atom stereocenters. The lowest BCUT2D eigenvalue weighted by atomic mass is 10.2. The molecule has 4 nitrogen and oxygen atoms in total. The second-order valence-corrected chi connectivity index (χ2v) is 12.0. The second kappa shape index (κ2) is 4.73. The van der Waals surface area contributed by atoms with Gasteiger partial charge in [-0.15, -0.1) is 0 Å². The summed E-state index contributed by atoms with van der Waals surface area (Å²) < 4.78 is 7.27. The van der Waals surface area contributed by atoms with Crippen molar-refractivity contribution in [3.05, 3.63) is 24.5 Å². The Morgan fingerprint density at radius 2 is 1.95 bits per heavy atom. The summed E-state index contributed by atoms with van der Waals surface area (Å²) in [6.07, 6.45) is 3.19. The zero-order chi connectivity index (χ0) is 15.1. The Hall–Kier alpha value is -1.62. The normalized spacial score (nSPS) is 12.7. The van der Waals surface area contributed by atoms with Crippen LogP contribution in [0.15, 0.2) is 24.5 Å². The van der Waals surface area contributed by atoms with Crippen molar-refractivity contribution in [3.8, 4) is 0 Å². The van der Waals surface area contributed by atoms with Gasteiger partial charge in [-0.3, -0.25) is 9.55 Å². The summed E-state index contributed by atoms with van der Waals surface area (Å²) >= 11 is 0. The summed E-state index contributed by atoms with van der Waals surface area (Å²) in [4.78, 5) is 16.7. The Bertz CT molecular complexity index is 648. The fourth-order valence-corrected chi connectivity index (χ4v) is 3.58. The van der Waals surface area contributed by atoms with Gasteiger partial charge in [-0.25, -0.2) is 4.79 Å². The van der Waals surface area contributed by atoms with Crippen molar-refractivity contribution in [2.24, 2.45) is 0 Å².